The summed E-state index contributed by atoms with van der Waals surface area (Å²) in [5, 5.41) is 0. The summed E-state index contributed by atoms with van der Waals surface area (Å²) in [7, 11) is 0. The van der Waals surface area contributed by atoms with Gasteiger partial charge in [-0.15, -0.1) is 0 Å². The number of morpholine rings is 1. The van der Waals surface area contributed by atoms with Gasteiger partial charge in [0.25, 0.3) is 0 Å². The number of carbonyl (C=O) groups excluding carboxylic acids is 2. The van der Waals surface area contributed by atoms with E-state index in [9.17, 15) is 9.59 Å². The van der Waals surface area contributed by atoms with Gasteiger partial charge in [-0.1, -0.05) is 6.07 Å². The first-order valence-electron chi connectivity index (χ1n) is 8.89. The number of amides is 2. The average Bonchev–Trinajstić information content (AvgIpc) is 3.00. The van der Waals surface area contributed by atoms with Crippen LogP contribution in [0.1, 0.15) is 5.56 Å². The lowest BCUT2D eigenvalue weighted by atomic mass is 10.1. The van der Waals surface area contributed by atoms with Gasteiger partial charge in [0.1, 0.15) is 6.61 Å². The van der Waals surface area contributed by atoms with Gasteiger partial charge in [0, 0.05) is 37.9 Å². The Hall–Kier alpha value is -1.99. The molecule has 1 saturated carbocycles. The topological polar surface area (TPSA) is 72.0 Å². The third kappa shape index (κ3) is 2.53. The van der Waals surface area contributed by atoms with Crippen molar-refractivity contribution in [3.8, 4) is 0 Å². The molecular formula is C18H21N3O4. The largest absolute Gasteiger partial charge is 0.381 e. The van der Waals surface area contributed by atoms with Gasteiger partial charge in [-0.2, -0.15) is 0 Å². The van der Waals surface area contributed by atoms with E-state index in [1.807, 2.05) is 21.9 Å². The number of hydrogen-bond donors (Lipinski definition) is 0. The van der Waals surface area contributed by atoms with Crippen LogP contribution in [0.4, 0.5) is 0 Å². The standard InChI is InChI=1S/C18H21N3O4/c22-16-10-25-15-7-20(18(23)17-12-8-24-9-13(12)17)6-14(15)21(16)5-11-2-1-3-19-4-11/h1-4,12-15,17H,5-10H2/t12-,13+,14-,15-,17?/m1/s1. The molecule has 2 amide bonds. The maximum Gasteiger partial charge on any atom is 0.249 e. The molecule has 0 aromatic carbocycles. The van der Waals surface area contributed by atoms with Crippen LogP contribution in [0.25, 0.3) is 0 Å². The minimum absolute atomic E-state index is 0.0175. The van der Waals surface area contributed by atoms with Gasteiger partial charge in [0.2, 0.25) is 11.8 Å². The van der Waals surface area contributed by atoms with Crippen molar-refractivity contribution in [1.29, 1.82) is 0 Å². The highest BCUT2D eigenvalue weighted by Crippen LogP contribution is 2.51. The molecule has 0 N–H and O–H groups in total. The molecule has 25 heavy (non-hydrogen) atoms. The molecule has 7 nitrogen and oxygen atoms in total. The fraction of sp³-hybridized carbons (Fsp3) is 0.611. The quantitative estimate of drug-likeness (QED) is 0.767. The zero-order valence-corrected chi connectivity index (χ0v) is 13.9. The number of pyridine rings is 1. The number of carbonyl (C=O) groups is 2. The summed E-state index contributed by atoms with van der Waals surface area (Å²) in [6.45, 7) is 3.17. The van der Waals surface area contributed by atoms with Gasteiger partial charge in [-0.25, -0.2) is 0 Å². The number of rotatable bonds is 3. The van der Waals surface area contributed by atoms with Gasteiger partial charge in [0.05, 0.1) is 25.4 Å². The lowest BCUT2D eigenvalue weighted by Gasteiger charge is -2.36. The number of likely N-dealkylation sites (tertiary alicyclic amines) is 1. The van der Waals surface area contributed by atoms with E-state index in [0.717, 1.165) is 5.56 Å². The fourth-order valence-electron chi connectivity index (χ4n) is 4.56. The zero-order valence-electron chi connectivity index (χ0n) is 13.9. The molecule has 0 spiro atoms. The monoisotopic (exact) mass is 343 g/mol. The van der Waals surface area contributed by atoms with Gasteiger partial charge in [-0.05, 0) is 23.5 Å². The molecule has 1 aromatic rings. The van der Waals surface area contributed by atoms with Gasteiger partial charge in [-0.3, -0.25) is 14.6 Å². The molecule has 1 unspecified atom stereocenters. The van der Waals surface area contributed by atoms with E-state index in [0.29, 0.717) is 44.7 Å². The van der Waals surface area contributed by atoms with Crippen molar-refractivity contribution in [2.24, 2.45) is 17.8 Å². The van der Waals surface area contributed by atoms with Crippen LogP contribution in [-0.2, 0) is 25.6 Å². The molecule has 3 saturated heterocycles. The normalized spacial score (nSPS) is 36.3. The molecule has 4 aliphatic rings. The maximum absolute atomic E-state index is 12.8. The van der Waals surface area contributed by atoms with Crippen molar-refractivity contribution >= 4 is 11.8 Å². The summed E-state index contributed by atoms with van der Waals surface area (Å²) in [4.78, 5) is 33.1. The van der Waals surface area contributed by atoms with Crippen LogP contribution in [0.15, 0.2) is 24.5 Å². The summed E-state index contributed by atoms with van der Waals surface area (Å²) < 4.78 is 11.1. The van der Waals surface area contributed by atoms with E-state index in [-0.39, 0.29) is 36.5 Å². The van der Waals surface area contributed by atoms with Gasteiger partial charge >= 0.3 is 0 Å². The Kier molecular flexibility index (Phi) is 3.53. The van der Waals surface area contributed by atoms with Crippen molar-refractivity contribution in [2.75, 3.05) is 32.9 Å². The second-order valence-corrected chi connectivity index (χ2v) is 7.43. The van der Waals surface area contributed by atoms with Gasteiger partial charge < -0.3 is 19.3 Å². The first-order chi connectivity index (χ1) is 12.2. The fourth-order valence-corrected chi connectivity index (χ4v) is 4.56. The third-order valence-corrected chi connectivity index (χ3v) is 6.00. The summed E-state index contributed by atoms with van der Waals surface area (Å²) in [6, 6.07) is 3.77. The van der Waals surface area contributed by atoms with Crippen LogP contribution in [0.3, 0.4) is 0 Å². The molecule has 3 aliphatic heterocycles. The number of ether oxygens (including phenoxy) is 2. The Morgan fingerprint density at radius 3 is 2.88 bits per heavy atom. The number of aromatic nitrogens is 1. The predicted octanol–water partition coefficient (Wildman–Crippen LogP) is -0.0878. The minimum atomic E-state index is -0.0897. The SMILES string of the molecule is O=C(C1[C@H]2COC[C@@H]12)N1C[C@@H]2[C@@H](C1)OCC(=O)N2Cc1cccnc1. The van der Waals surface area contributed by atoms with E-state index in [1.54, 1.807) is 12.4 Å². The average molecular weight is 343 g/mol. The van der Waals surface area contributed by atoms with E-state index < -0.39 is 0 Å². The van der Waals surface area contributed by atoms with Crippen molar-refractivity contribution in [1.82, 2.24) is 14.8 Å². The zero-order chi connectivity index (χ0) is 17.0. The highest BCUT2D eigenvalue weighted by atomic mass is 16.5. The lowest BCUT2D eigenvalue weighted by Crippen LogP contribution is -2.53. The second kappa shape index (κ2) is 5.78. The van der Waals surface area contributed by atoms with Crippen molar-refractivity contribution in [3.63, 3.8) is 0 Å². The van der Waals surface area contributed by atoms with E-state index in [1.165, 1.54) is 0 Å². The highest BCUT2D eigenvalue weighted by molar-refractivity contribution is 5.84. The Morgan fingerprint density at radius 1 is 1.28 bits per heavy atom. The van der Waals surface area contributed by atoms with Crippen molar-refractivity contribution < 1.29 is 19.1 Å². The van der Waals surface area contributed by atoms with Crippen molar-refractivity contribution in [2.45, 2.75) is 18.7 Å². The number of hydrogen-bond acceptors (Lipinski definition) is 5. The molecule has 0 bridgehead atoms. The van der Waals surface area contributed by atoms with Crippen LogP contribution in [-0.4, -0.2) is 71.7 Å². The Bertz CT molecular complexity index is 687. The van der Waals surface area contributed by atoms with Crippen LogP contribution < -0.4 is 0 Å². The molecule has 4 heterocycles. The lowest BCUT2D eigenvalue weighted by molar-refractivity contribution is -0.153. The maximum atomic E-state index is 12.8. The van der Waals surface area contributed by atoms with Crippen LogP contribution in [0.2, 0.25) is 0 Å². The van der Waals surface area contributed by atoms with E-state index in [2.05, 4.69) is 4.98 Å². The molecular weight excluding hydrogens is 322 g/mol. The second-order valence-electron chi connectivity index (χ2n) is 7.43. The first-order valence-corrected chi connectivity index (χ1v) is 8.89. The molecule has 4 fully saturated rings. The highest BCUT2D eigenvalue weighted by Gasteiger charge is 2.60. The smallest absolute Gasteiger partial charge is 0.249 e. The third-order valence-electron chi connectivity index (χ3n) is 6.00. The molecule has 7 heteroatoms. The molecule has 5 rings (SSSR count). The minimum Gasteiger partial charge on any atom is -0.381 e. The van der Waals surface area contributed by atoms with Crippen LogP contribution >= 0.6 is 0 Å². The van der Waals surface area contributed by atoms with E-state index >= 15 is 0 Å². The summed E-state index contributed by atoms with van der Waals surface area (Å²) >= 11 is 0. The van der Waals surface area contributed by atoms with Crippen molar-refractivity contribution in [3.05, 3.63) is 30.1 Å². The predicted molar refractivity (Wildman–Crippen MR) is 86.2 cm³/mol. The Morgan fingerprint density at radius 2 is 2.12 bits per heavy atom. The number of nitrogens with zero attached hydrogens (tertiary/aromatic N) is 3. The Balaban J connectivity index is 1.30. The molecule has 132 valence electrons. The van der Waals surface area contributed by atoms with Gasteiger partial charge in [0.15, 0.2) is 0 Å². The van der Waals surface area contributed by atoms with Crippen LogP contribution in [0, 0.1) is 17.8 Å². The molecule has 1 aliphatic carbocycles. The number of fused-ring (bicyclic) bond motifs is 2. The molecule has 5 atom stereocenters. The van der Waals surface area contributed by atoms with E-state index in [4.69, 9.17) is 9.47 Å². The molecule has 0 radical (unpaired) electrons. The first kappa shape index (κ1) is 15.3. The van der Waals surface area contributed by atoms with Crippen LogP contribution in [0.5, 0.6) is 0 Å². The summed E-state index contributed by atoms with van der Waals surface area (Å²) in [5.74, 6) is 1.13. The Labute approximate surface area is 145 Å². The summed E-state index contributed by atoms with van der Waals surface area (Å²) in [6.07, 6.45) is 3.41. The summed E-state index contributed by atoms with van der Waals surface area (Å²) in [5.41, 5.74) is 0.996. The molecule has 1 aromatic heterocycles.